The fraction of sp³-hybridized carbons (Fsp3) is 0.333. The molecule has 26 heavy (non-hydrogen) atoms. The molecule has 0 spiro atoms. The summed E-state index contributed by atoms with van der Waals surface area (Å²) >= 11 is 1.03. The van der Waals surface area contributed by atoms with E-state index in [1.165, 1.54) is 12.1 Å². The van der Waals surface area contributed by atoms with Crippen LogP contribution in [0.15, 0.2) is 41.4 Å². The fourth-order valence-corrected chi connectivity index (χ4v) is 3.24. The first kappa shape index (κ1) is 18.6. The van der Waals surface area contributed by atoms with Crippen molar-refractivity contribution >= 4 is 23.5 Å². The molecule has 1 aromatic heterocycles. The molecule has 0 radical (unpaired) electrons. The minimum atomic E-state index is -0.661. The van der Waals surface area contributed by atoms with Crippen molar-refractivity contribution in [3.8, 4) is 0 Å². The number of carbonyl (C=O) groups excluding carboxylic acids is 1. The van der Waals surface area contributed by atoms with Gasteiger partial charge in [0.05, 0.1) is 19.0 Å². The van der Waals surface area contributed by atoms with Gasteiger partial charge in [0.1, 0.15) is 17.5 Å². The Balaban J connectivity index is 1.45. The summed E-state index contributed by atoms with van der Waals surface area (Å²) in [5.74, 6) is -0.571. The Labute approximate surface area is 154 Å². The highest BCUT2D eigenvalue weighted by Crippen LogP contribution is 2.22. The standard InChI is InChI=1S/C18H19F2N3O2S/c19-14-2-3-16(15(20)9-14)26-12-18(24)22-11-13-1-4-17(21-10-13)23-5-7-25-8-6-23/h1-4,9-10H,5-8,11-12H2,(H,22,24). The Bertz CT molecular complexity index is 753. The monoisotopic (exact) mass is 379 g/mol. The number of halogens is 2. The number of anilines is 1. The van der Waals surface area contributed by atoms with Crippen LogP contribution in [0.3, 0.4) is 0 Å². The molecule has 0 bridgehead atoms. The molecule has 8 heteroatoms. The topological polar surface area (TPSA) is 54.5 Å². The van der Waals surface area contributed by atoms with Crippen LogP contribution < -0.4 is 10.2 Å². The number of nitrogens with zero attached hydrogens (tertiary/aromatic N) is 2. The maximum Gasteiger partial charge on any atom is 0.230 e. The molecule has 2 heterocycles. The van der Waals surface area contributed by atoms with E-state index in [0.29, 0.717) is 19.8 Å². The van der Waals surface area contributed by atoms with Crippen molar-refractivity contribution in [2.24, 2.45) is 0 Å². The lowest BCUT2D eigenvalue weighted by Gasteiger charge is -2.27. The SMILES string of the molecule is O=C(CSc1ccc(F)cc1F)NCc1ccc(N2CCOCC2)nc1. The van der Waals surface area contributed by atoms with Gasteiger partial charge in [0.2, 0.25) is 5.91 Å². The number of morpholine rings is 1. The molecule has 0 saturated carbocycles. The van der Waals surface area contributed by atoms with Crippen LogP contribution in [0.1, 0.15) is 5.56 Å². The predicted octanol–water partition coefficient (Wildman–Crippen LogP) is 2.60. The summed E-state index contributed by atoms with van der Waals surface area (Å²) in [5, 5.41) is 2.77. The number of nitrogens with one attached hydrogen (secondary N) is 1. The molecule has 1 aliphatic rings. The number of pyridine rings is 1. The third-order valence-corrected chi connectivity index (χ3v) is 4.94. The van der Waals surface area contributed by atoms with Crippen LogP contribution in [0.2, 0.25) is 0 Å². The van der Waals surface area contributed by atoms with E-state index in [9.17, 15) is 13.6 Å². The Hall–Kier alpha value is -2.19. The molecule has 138 valence electrons. The second-order valence-electron chi connectivity index (χ2n) is 5.76. The van der Waals surface area contributed by atoms with Crippen molar-refractivity contribution < 1.29 is 18.3 Å². The van der Waals surface area contributed by atoms with Crippen molar-refractivity contribution in [3.63, 3.8) is 0 Å². The van der Waals surface area contributed by atoms with Gasteiger partial charge in [-0.3, -0.25) is 4.79 Å². The van der Waals surface area contributed by atoms with E-state index >= 15 is 0 Å². The quantitative estimate of drug-likeness (QED) is 0.782. The van der Waals surface area contributed by atoms with E-state index in [0.717, 1.165) is 42.3 Å². The summed E-state index contributed by atoms with van der Waals surface area (Å²) in [6, 6.07) is 7.16. The number of hydrogen-bond donors (Lipinski definition) is 1. The first-order valence-corrected chi connectivity index (χ1v) is 9.22. The Morgan fingerprint density at radius 3 is 2.73 bits per heavy atom. The zero-order chi connectivity index (χ0) is 18.4. The average Bonchev–Trinajstić information content (AvgIpc) is 2.67. The summed E-state index contributed by atoms with van der Waals surface area (Å²) in [5.41, 5.74) is 0.883. The number of thioether (sulfide) groups is 1. The maximum atomic E-state index is 13.5. The number of ether oxygens (including phenoxy) is 1. The highest BCUT2D eigenvalue weighted by Gasteiger charge is 2.12. The normalized spacial score (nSPS) is 14.3. The van der Waals surface area contributed by atoms with Crippen molar-refractivity contribution in [3.05, 3.63) is 53.7 Å². The number of carbonyl (C=O) groups is 1. The molecule has 1 aromatic carbocycles. The van der Waals surface area contributed by atoms with Gasteiger partial charge in [0, 0.05) is 36.8 Å². The zero-order valence-electron chi connectivity index (χ0n) is 14.1. The lowest BCUT2D eigenvalue weighted by Crippen LogP contribution is -2.36. The van der Waals surface area contributed by atoms with E-state index in [1.54, 1.807) is 6.20 Å². The Morgan fingerprint density at radius 2 is 2.04 bits per heavy atom. The highest BCUT2D eigenvalue weighted by molar-refractivity contribution is 8.00. The van der Waals surface area contributed by atoms with Crippen molar-refractivity contribution in [2.75, 3.05) is 37.0 Å². The Kier molecular flexibility index (Phi) is 6.40. The van der Waals surface area contributed by atoms with Gasteiger partial charge in [0.15, 0.2) is 0 Å². The molecular formula is C18H19F2N3O2S. The zero-order valence-corrected chi connectivity index (χ0v) is 14.9. The second-order valence-corrected chi connectivity index (χ2v) is 6.78. The van der Waals surface area contributed by atoms with E-state index in [4.69, 9.17) is 4.74 Å². The summed E-state index contributed by atoms with van der Waals surface area (Å²) in [6.45, 7) is 3.39. The van der Waals surface area contributed by atoms with Gasteiger partial charge >= 0.3 is 0 Å². The number of aromatic nitrogens is 1. The van der Waals surface area contributed by atoms with E-state index in [1.807, 2.05) is 12.1 Å². The third-order valence-electron chi connectivity index (χ3n) is 3.89. The second kappa shape index (κ2) is 8.95. The molecule has 1 aliphatic heterocycles. The third kappa shape index (κ3) is 5.15. The molecule has 2 aromatic rings. The van der Waals surface area contributed by atoms with Gasteiger partial charge < -0.3 is 15.0 Å². The lowest BCUT2D eigenvalue weighted by molar-refractivity contribution is -0.118. The molecule has 1 fully saturated rings. The Morgan fingerprint density at radius 1 is 1.23 bits per heavy atom. The van der Waals surface area contributed by atoms with Crippen LogP contribution in [0.25, 0.3) is 0 Å². The minimum Gasteiger partial charge on any atom is -0.378 e. The van der Waals surface area contributed by atoms with Crippen LogP contribution in [-0.4, -0.2) is 42.9 Å². The molecule has 1 amide bonds. The molecule has 0 aliphatic carbocycles. The average molecular weight is 379 g/mol. The van der Waals surface area contributed by atoms with Gasteiger partial charge in [-0.2, -0.15) is 0 Å². The first-order valence-electron chi connectivity index (χ1n) is 8.24. The van der Waals surface area contributed by atoms with Crippen LogP contribution >= 0.6 is 11.8 Å². The molecule has 0 atom stereocenters. The predicted molar refractivity (Wildman–Crippen MR) is 96.2 cm³/mol. The van der Waals surface area contributed by atoms with Gasteiger partial charge in [-0.15, -0.1) is 11.8 Å². The highest BCUT2D eigenvalue weighted by atomic mass is 32.2. The fourth-order valence-electron chi connectivity index (χ4n) is 2.49. The largest absolute Gasteiger partial charge is 0.378 e. The number of hydrogen-bond acceptors (Lipinski definition) is 5. The summed E-state index contributed by atoms with van der Waals surface area (Å²) < 4.78 is 31.7. The molecule has 1 N–H and O–H groups in total. The molecular weight excluding hydrogens is 360 g/mol. The van der Waals surface area contributed by atoms with Crippen LogP contribution in [-0.2, 0) is 16.1 Å². The van der Waals surface area contributed by atoms with E-state index in [2.05, 4.69) is 15.2 Å². The number of amides is 1. The van der Waals surface area contributed by atoms with Crippen molar-refractivity contribution in [1.82, 2.24) is 10.3 Å². The van der Waals surface area contributed by atoms with Gasteiger partial charge in [-0.05, 0) is 23.8 Å². The van der Waals surface area contributed by atoms with Crippen LogP contribution in [0.4, 0.5) is 14.6 Å². The molecule has 1 saturated heterocycles. The van der Waals surface area contributed by atoms with Gasteiger partial charge in [-0.25, -0.2) is 13.8 Å². The summed E-state index contributed by atoms with van der Waals surface area (Å²) in [4.78, 5) is 18.7. The van der Waals surface area contributed by atoms with E-state index in [-0.39, 0.29) is 16.6 Å². The number of benzene rings is 1. The smallest absolute Gasteiger partial charge is 0.230 e. The molecule has 5 nitrogen and oxygen atoms in total. The summed E-state index contributed by atoms with van der Waals surface area (Å²) in [6.07, 6.45) is 1.73. The number of rotatable bonds is 6. The lowest BCUT2D eigenvalue weighted by atomic mass is 10.2. The summed E-state index contributed by atoms with van der Waals surface area (Å²) in [7, 11) is 0. The van der Waals surface area contributed by atoms with Gasteiger partial charge in [0.25, 0.3) is 0 Å². The minimum absolute atomic E-state index is 0.0574. The van der Waals surface area contributed by atoms with Crippen molar-refractivity contribution in [2.45, 2.75) is 11.4 Å². The molecule has 3 rings (SSSR count). The van der Waals surface area contributed by atoms with Crippen LogP contribution in [0.5, 0.6) is 0 Å². The molecule has 0 unspecified atom stereocenters. The van der Waals surface area contributed by atoms with E-state index < -0.39 is 11.6 Å². The van der Waals surface area contributed by atoms with Crippen LogP contribution in [0, 0.1) is 11.6 Å². The maximum absolute atomic E-state index is 13.5. The van der Waals surface area contributed by atoms with Gasteiger partial charge in [-0.1, -0.05) is 6.07 Å². The first-order chi connectivity index (χ1) is 12.6. The van der Waals surface area contributed by atoms with Crippen molar-refractivity contribution in [1.29, 1.82) is 0 Å².